The van der Waals surface area contributed by atoms with Gasteiger partial charge in [0.15, 0.2) is 0 Å². The van der Waals surface area contributed by atoms with Gasteiger partial charge in [0.1, 0.15) is 0 Å². The van der Waals surface area contributed by atoms with Crippen molar-refractivity contribution in [1.29, 1.82) is 0 Å². The Kier molecular flexibility index (Phi) is 4.78. The smallest absolute Gasteiger partial charge is 0.255 e. The highest BCUT2D eigenvalue weighted by Crippen LogP contribution is 2.28. The molecule has 1 N–H and O–H groups in total. The Hall–Kier alpha value is -0.870. The molecule has 4 heteroatoms. The maximum Gasteiger partial charge on any atom is 0.255 e. The lowest BCUT2D eigenvalue weighted by atomic mass is 9.91. The maximum absolute atomic E-state index is 12.5. The molecule has 1 fully saturated rings. The summed E-state index contributed by atoms with van der Waals surface area (Å²) >= 11 is 3.43. The average Bonchev–Trinajstić information content (AvgIpc) is 2.32. The lowest BCUT2D eigenvalue weighted by Crippen LogP contribution is -2.45. The van der Waals surface area contributed by atoms with Crippen LogP contribution in [0.2, 0.25) is 0 Å². The van der Waals surface area contributed by atoms with Crippen LogP contribution < -0.4 is 0 Å². The number of rotatable bonds is 5. The molecule has 1 saturated carbocycles. The molecule has 18 heavy (non-hydrogen) atoms. The van der Waals surface area contributed by atoms with Gasteiger partial charge in [0.25, 0.3) is 5.91 Å². The van der Waals surface area contributed by atoms with E-state index >= 15 is 0 Å². The minimum atomic E-state index is 0.0700. The normalized spacial score (nSPS) is 15.2. The van der Waals surface area contributed by atoms with E-state index in [2.05, 4.69) is 15.9 Å². The Balaban J connectivity index is 2.14. The number of hydrogen-bond donors (Lipinski definition) is 1. The quantitative estimate of drug-likeness (QED) is 0.908. The highest BCUT2D eigenvalue weighted by molar-refractivity contribution is 9.10. The second-order valence-corrected chi connectivity index (χ2v) is 5.49. The van der Waals surface area contributed by atoms with Crippen LogP contribution in [0.1, 0.15) is 36.0 Å². The van der Waals surface area contributed by atoms with Gasteiger partial charge in [-0.25, -0.2) is 0 Å². The van der Waals surface area contributed by atoms with Crippen molar-refractivity contribution in [2.24, 2.45) is 0 Å². The number of aliphatic hydroxyl groups is 1. The van der Waals surface area contributed by atoms with E-state index in [-0.39, 0.29) is 12.5 Å². The van der Waals surface area contributed by atoms with E-state index in [1.54, 1.807) is 0 Å². The molecule has 0 aliphatic heterocycles. The first-order chi connectivity index (χ1) is 8.74. The van der Waals surface area contributed by atoms with Crippen molar-refractivity contribution in [2.45, 2.75) is 31.7 Å². The molecule has 0 unspecified atom stereocenters. The summed E-state index contributed by atoms with van der Waals surface area (Å²) in [4.78, 5) is 14.4. The largest absolute Gasteiger partial charge is 0.396 e. The Morgan fingerprint density at radius 3 is 2.67 bits per heavy atom. The predicted octanol–water partition coefficient (Wildman–Crippen LogP) is 2.83. The van der Waals surface area contributed by atoms with E-state index in [0.717, 1.165) is 17.3 Å². The monoisotopic (exact) mass is 311 g/mol. The number of benzene rings is 1. The van der Waals surface area contributed by atoms with Gasteiger partial charge >= 0.3 is 0 Å². The van der Waals surface area contributed by atoms with Crippen molar-refractivity contribution < 1.29 is 9.90 Å². The van der Waals surface area contributed by atoms with Crippen LogP contribution >= 0.6 is 15.9 Å². The Labute approximate surface area is 116 Å². The molecule has 1 aliphatic rings. The summed E-state index contributed by atoms with van der Waals surface area (Å²) in [5.41, 5.74) is 0.710. The number of carbonyl (C=O) groups is 1. The molecule has 0 atom stereocenters. The van der Waals surface area contributed by atoms with Gasteiger partial charge in [0, 0.05) is 23.7 Å². The minimum absolute atomic E-state index is 0.0700. The third-order valence-electron chi connectivity index (χ3n) is 3.44. The van der Waals surface area contributed by atoms with Crippen LogP contribution in [0, 0.1) is 0 Å². The minimum Gasteiger partial charge on any atom is -0.396 e. The van der Waals surface area contributed by atoms with Crippen molar-refractivity contribution in [2.75, 3.05) is 13.2 Å². The standard InChI is InChI=1S/C14H18BrNO2/c15-13-8-2-1-7-12(13)14(18)16(9-4-10-17)11-5-3-6-11/h1-2,7-8,11,17H,3-6,9-10H2. The molecule has 1 amide bonds. The molecule has 2 rings (SSSR count). The van der Waals surface area contributed by atoms with Crippen molar-refractivity contribution in [3.05, 3.63) is 34.3 Å². The lowest BCUT2D eigenvalue weighted by molar-refractivity contribution is 0.0561. The van der Waals surface area contributed by atoms with Gasteiger partial charge in [-0.15, -0.1) is 0 Å². The summed E-state index contributed by atoms with van der Waals surface area (Å²) in [6, 6.07) is 7.87. The molecule has 1 aromatic rings. The predicted molar refractivity (Wildman–Crippen MR) is 74.5 cm³/mol. The van der Waals surface area contributed by atoms with Crippen molar-refractivity contribution >= 4 is 21.8 Å². The molecule has 0 aromatic heterocycles. The summed E-state index contributed by atoms with van der Waals surface area (Å²) in [6.45, 7) is 0.772. The molecule has 98 valence electrons. The van der Waals surface area contributed by atoms with Crippen LogP contribution in [0.15, 0.2) is 28.7 Å². The molecular weight excluding hydrogens is 294 g/mol. The Morgan fingerprint density at radius 2 is 2.11 bits per heavy atom. The molecule has 0 saturated heterocycles. The maximum atomic E-state index is 12.5. The van der Waals surface area contributed by atoms with Gasteiger partial charge in [-0.05, 0) is 53.7 Å². The van der Waals surface area contributed by atoms with Crippen LogP contribution in [0.5, 0.6) is 0 Å². The highest BCUT2D eigenvalue weighted by Gasteiger charge is 2.29. The summed E-state index contributed by atoms with van der Waals surface area (Å²) in [5.74, 6) is 0.0700. The van der Waals surface area contributed by atoms with Crippen LogP contribution in [0.25, 0.3) is 0 Å². The van der Waals surface area contributed by atoms with Crippen LogP contribution in [0.4, 0.5) is 0 Å². The van der Waals surface area contributed by atoms with Crippen LogP contribution in [0.3, 0.4) is 0 Å². The van der Waals surface area contributed by atoms with Crippen LogP contribution in [-0.2, 0) is 0 Å². The fraction of sp³-hybridized carbons (Fsp3) is 0.500. The van der Waals surface area contributed by atoms with Gasteiger partial charge in [-0.3, -0.25) is 4.79 Å². The molecule has 1 aliphatic carbocycles. The van der Waals surface area contributed by atoms with E-state index < -0.39 is 0 Å². The third-order valence-corrected chi connectivity index (χ3v) is 4.13. The average molecular weight is 312 g/mol. The number of aliphatic hydroxyl groups excluding tert-OH is 1. The lowest BCUT2D eigenvalue weighted by Gasteiger charge is -2.37. The first kappa shape index (κ1) is 13.6. The fourth-order valence-electron chi connectivity index (χ4n) is 2.18. The number of amides is 1. The van der Waals surface area contributed by atoms with E-state index in [0.29, 0.717) is 24.6 Å². The second kappa shape index (κ2) is 6.34. The van der Waals surface area contributed by atoms with Crippen molar-refractivity contribution in [3.63, 3.8) is 0 Å². The van der Waals surface area contributed by atoms with Gasteiger partial charge in [0.05, 0.1) is 5.56 Å². The summed E-state index contributed by atoms with van der Waals surface area (Å²) < 4.78 is 0.836. The number of nitrogens with zero attached hydrogens (tertiary/aromatic N) is 1. The summed E-state index contributed by atoms with van der Waals surface area (Å²) in [5, 5.41) is 8.95. The Morgan fingerprint density at radius 1 is 1.39 bits per heavy atom. The van der Waals surface area contributed by atoms with Gasteiger partial charge in [-0.2, -0.15) is 0 Å². The molecule has 0 spiro atoms. The molecular formula is C14H18BrNO2. The third kappa shape index (κ3) is 2.93. The zero-order chi connectivity index (χ0) is 13.0. The van der Waals surface area contributed by atoms with Crippen molar-refractivity contribution in [1.82, 2.24) is 4.90 Å². The SMILES string of the molecule is O=C(c1ccccc1Br)N(CCCO)C1CCC1. The van der Waals surface area contributed by atoms with E-state index in [1.807, 2.05) is 29.2 Å². The summed E-state index contributed by atoms with van der Waals surface area (Å²) in [6.07, 6.45) is 4.01. The van der Waals surface area contributed by atoms with E-state index in [4.69, 9.17) is 5.11 Å². The Bertz CT molecular complexity index is 418. The van der Waals surface area contributed by atoms with Crippen LogP contribution in [-0.4, -0.2) is 35.1 Å². The topological polar surface area (TPSA) is 40.5 Å². The number of hydrogen-bond acceptors (Lipinski definition) is 2. The molecule has 0 radical (unpaired) electrons. The first-order valence-electron chi connectivity index (χ1n) is 6.40. The van der Waals surface area contributed by atoms with Gasteiger partial charge in [-0.1, -0.05) is 12.1 Å². The van der Waals surface area contributed by atoms with Gasteiger partial charge in [0.2, 0.25) is 0 Å². The molecule has 0 bridgehead atoms. The van der Waals surface area contributed by atoms with E-state index in [1.165, 1.54) is 6.42 Å². The highest BCUT2D eigenvalue weighted by atomic mass is 79.9. The molecule has 0 heterocycles. The number of halogens is 1. The molecule has 1 aromatic carbocycles. The van der Waals surface area contributed by atoms with Crippen molar-refractivity contribution in [3.8, 4) is 0 Å². The zero-order valence-electron chi connectivity index (χ0n) is 10.3. The van der Waals surface area contributed by atoms with E-state index in [9.17, 15) is 4.79 Å². The molecule has 3 nitrogen and oxygen atoms in total. The number of carbonyl (C=O) groups excluding carboxylic acids is 1. The first-order valence-corrected chi connectivity index (χ1v) is 7.19. The second-order valence-electron chi connectivity index (χ2n) is 4.64. The fourth-order valence-corrected chi connectivity index (χ4v) is 2.63. The zero-order valence-corrected chi connectivity index (χ0v) is 11.9. The van der Waals surface area contributed by atoms with Gasteiger partial charge < -0.3 is 10.0 Å². The summed E-state index contributed by atoms with van der Waals surface area (Å²) in [7, 11) is 0.